The number of aromatic nitrogens is 2. The van der Waals surface area contributed by atoms with Crippen molar-refractivity contribution in [2.45, 2.75) is 19.4 Å². The highest BCUT2D eigenvalue weighted by molar-refractivity contribution is 7.71. The Labute approximate surface area is 117 Å². The van der Waals surface area contributed by atoms with Gasteiger partial charge in [0.25, 0.3) is 0 Å². The molecule has 1 N–H and O–H groups in total. The van der Waals surface area contributed by atoms with Crippen LogP contribution >= 0.6 is 12.2 Å². The average Bonchev–Trinajstić information content (AvgIpc) is 3.18. The molecule has 19 heavy (non-hydrogen) atoms. The average molecular weight is 278 g/mol. The Balaban J connectivity index is 1.75. The van der Waals surface area contributed by atoms with Crippen LogP contribution < -0.4 is 4.74 Å². The second-order valence-corrected chi connectivity index (χ2v) is 5.37. The zero-order valence-electron chi connectivity index (χ0n) is 11.0. The molecule has 0 unspecified atom stereocenters. The molecule has 0 spiro atoms. The van der Waals surface area contributed by atoms with Gasteiger partial charge in [-0.3, -0.25) is 0 Å². The van der Waals surface area contributed by atoms with E-state index < -0.39 is 0 Å². The van der Waals surface area contributed by atoms with E-state index in [4.69, 9.17) is 21.7 Å². The Hall–Kier alpha value is -1.33. The van der Waals surface area contributed by atoms with E-state index in [0.29, 0.717) is 6.61 Å². The lowest BCUT2D eigenvalue weighted by Gasteiger charge is -2.06. The lowest BCUT2D eigenvalue weighted by molar-refractivity contribution is 0.117. The van der Waals surface area contributed by atoms with Crippen molar-refractivity contribution in [1.82, 2.24) is 9.55 Å². The van der Waals surface area contributed by atoms with Crippen molar-refractivity contribution in [3.63, 3.8) is 0 Å². The number of fused-ring (bicyclic) bond motifs is 1. The van der Waals surface area contributed by atoms with E-state index in [9.17, 15) is 0 Å². The van der Waals surface area contributed by atoms with Gasteiger partial charge in [0, 0.05) is 19.2 Å². The van der Waals surface area contributed by atoms with E-state index in [0.717, 1.165) is 40.6 Å². The van der Waals surface area contributed by atoms with Gasteiger partial charge in [-0.2, -0.15) is 0 Å². The maximum absolute atomic E-state index is 5.68. The van der Waals surface area contributed by atoms with Gasteiger partial charge in [-0.1, -0.05) is 0 Å². The third-order valence-corrected chi connectivity index (χ3v) is 3.81. The van der Waals surface area contributed by atoms with E-state index in [1.807, 2.05) is 18.2 Å². The number of aromatic amines is 1. The molecule has 0 aliphatic heterocycles. The molecule has 4 nitrogen and oxygen atoms in total. The summed E-state index contributed by atoms with van der Waals surface area (Å²) >= 11 is 5.36. The number of ether oxygens (including phenoxy) is 2. The predicted octanol–water partition coefficient (Wildman–Crippen LogP) is 3.13. The number of rotatable bonds is 6. The summed E-state index contributed by atoms with van der Waals surface area (Å²) in [4.78, 5) is 3.21. The summed E-state index contributed by atoms with van der Waals surface area (Å²) in [5.74, 6) is 1.64. The molecule has 5 heteroatoms. The van der Waals surface area contributed by atoms with E-state index >= 15 is 0 Å². The van der Waals surface area contributed by atoms with Crippen LogP contribution in [0.2, 0.25) is 0 Å². The first-order chi connectivity index (χ1) is 9.28. The highest BCUT2D eigenvalue weighted by Gasteiger charge is 2.20. The molecule has 1 saturated carbocycles. The monoisotopic (exact) mass is 278 g/mol. The summed E-state index contributed by atoms with van der Waals surface area (Å²) < 4.78 is 13.7. The van der Waals surface area contributed by atoms with Gasteiger partial charge in [0.1, 0.15) is 5.75 Å². The summed E-state index contributed by atoms with van der Waals surface area (Å²) in [5, 5.41) is 0. The van der Waals surface area contributed by atoms with Crippen LogP contribution in [0, 0.1) is 10.7 Å². The third kappa shape index (κ3) is 2.82. The fourth-order valence-electron chi connectivity index (χ4n) is 2.17. The predicted molar refractivity (Wildman–Crippen MR) is 77.2 cm³/mol. The summed E-state index contributed by atoms with van der Waals surface area (Å²) in [5.41, 5.74) is 2.10. The quantitative estimate of drug-likeness (QED) is 0.652. The number of benzene rings is 1. The molecule has 1 aromatic carbocycles. The van der Waals surface area contributed by atoms with E-state index in [2.05, 4.69) is 9.55 Å². The molecular weight excluding hydrogens is 260 g/mol. The molecule has 0 bridgehead atoms. The molecule has 2 aromatic rings. The summed E-state index contributed by atoms with van der Waals surface area (Å²) in [6.45, 7) is 2.37. The fourth-order valence-corrected chi connectivity index (χ4v) is 2.47. The molecule has 3 rings (SSSR count). The van der Waals surface area contributed by atoms with Crippen molar-refractivity contribution in [3.8, 4) is 5.75 Å². The summed E-state index contributed by atoms with van der Waals surface area (Å²) in [6.07, 6.45) is 2.65. The Bertz CT molecular complexity index is 628. The second kappa shape index (κ2) is 5.35. The van der Waals surface area contributed by atoms with Gasteiger partial charge in [0.05, 0.1) is 24.8 Å². The molecule has 0 amide bonds. The number of nitrogens with zero attached hydrogens (tertiary/aromatic N) is 1. The summed E-state index contributed by atoms with van der Waals surface area (Å²) in [6, 6.07) is 5.93. The Kier molecular flexibility index (Phi) is 3.57. The van der Waals surface area contributed by atoms with E-state index in [-0.39, 0.29) is 0 Å². The van der Waals surface area contributed by atoms with Crippen LogP contribution in [0.25, 0.3) is 11.0 Å². The molecule has 1 heterocycles. The van der Waals surface area contributed by atoms with Crippen molar-refractivity contribution in [1.29, 1.82) is 0 Å². The number of hydrogen-bond donors (Lipinski definition) is 1. The van der Waals surface area contributed by atoms with Crippen LogP contribution in [0.5, 0.6) is 5.75 Å². The third-order valence-electron chi connectivity index (χ3n) is 3.49. The minimum atomic E-state index is 0.703. The maximum Gasteiger partial charge on any atom is 0.178 e. The normalized spacial score (nSPS) is 15.0. The molecule has 0 atom stereocenters. The highest BCUT2D eigenvalue weighted by atomic mass is 32.1. The second-order valence-electron chi connectivity index (χ2n) is 4.98. The summed E-state index contributed by atoms with van der Waals surface area (Å²) in [7, 11) is 1.67. The van der Waals surface area contributed by atoms with Gasteiger partial charge in [0.15, 0.2) is 4.77 Å². The number of methoxy groups -OCH3 is 1. The van der Waals surface area contributed by atoms with Gasteiger partial charge in [-0.05, 0) is 43.1 Å². The minimum Gasteiger partial charge on any atom is -0.497 e. The van der Waals surface area contributed by atoms with Crippen LogP contribution in [0.1, 0.15) is 12.8 Å². The van der Waals surface area contributed by atoms with Crippen LogP contribution in [0.3, 0.4) is 0 Å². The van der Waals surface area contributed by atoms with Crippen LogP contribution in [0.15, 0.2) is 18.2 Å². The molecule has 0 saturated heterocycles. The molecule has 1 aromatic heterocycles. The van der Waals surface area contributed by atoms with Gasteiger partial charge in [-0.15, -0.1) is 0 Å². The Morgan fingerprint density at radius 3 is 3.00 bits per heavy atom. The van der Waals surface area contributed by atoms with Crippen molar-refractivity contribution in [2.24, 2.45) is 5.92 Å². The lowest BCUT2D eigenvalue weighted by Crippen LogP contribution is -2.07. The molecule has 102 valence electrons. The van der Waals surface area contributed by atoms with Crippen molar-refractivity contribution >= 4 is 23.3 Å². The number of nitrogens with one attached hydrogen (secondary N) is 1. The first-order valence-corrected chi connectivity index (χ1v) is 7.03. The molecule has 1 fully saturated rings. The SMILES string of the molecule is COc1ccc2[nH]c(=S)n(CCOCC3CC3)c2c1. The number of H-pyrrole nitrogens is 1. The fraction of sp³-hybridized carbons (Fsp3) is 0.500. The van der Waals surface area contributed by atoms with E-state index in [1.165, 1.54) is 12.8 Å². The Morgan fingerprint density at radius 1 is 1.42 bits per heavy atom. The zero-order valence-corrected chi connectivity index (χ0v) is 11.8. The van der Waals surface area contributed by atoms with Gasteiger partial charge >= 0.3 is 0 Å². The van der Waals surface area contributed by atoms with Crippen LogP contribution in [0.4, 0.5) is 0 Å². The van der Waals surface area contributed by atoms with Crippen LogP contribution in [-0.4, -0.2) is 29.9 Å². The first-order valence-electron chi connectivity index (χ1n) is 6.62. The van der Waals surface area contributed by atoms with Crippen LogP contribution in [-0.2, 0) is 11.3 Å². The van der Waals surface area contributed by atoms with E-state index in [1.54, 1.807) is 7.11 Å². The molecule has 0 radical (unpaired) electrons. The zero-order chi connectivity index (χ0) is 13.2. The van der Waals surface area contributed by atoms with Gasteiger partial charge < -0.3 is 19.0 Å². The van der Waals surface area contributed by atoms with Gasteiger partial charge in [0.2, 0.25) is 0 Å². The first kappa shape index (κ1) is 12.7. The van der Waals surface area contributed by atoms with Gasteiger partial charge in [-0.25, -0.2) is 0 Å². The minimum absolute atomic E-state index is 0.703. The maximum atomic E-state index is 5.68. The topological polar surface area (TPSA) is 39.2 Å². The number of hydrogen-bond acceptors (Lipinski definition) is 3. The number of imidazole rings is 1. The molecular formula is C14H18N2O2S. The van der Waals surface area contributed by atoms with Crippen molar-refractivity contribution in [2.75, 3.05) is 20.3 Å². The lowest BCUT2D eigenvalue weighted by atomic mass is 10.3. The highest BCUT2D eigenvalue weighted by Crippen LogP contribution is 2.28. The van der Waals surface area contributed by atoms with Crippen molar-refractivity contribution in [3.05, 3.63) is 23.0 Å². The Morgan fingerprint density at radius 2 is 2.26 bits per heavy atom. The largest absolute Gasteiger partial charge is 0.497 e. The molecule has 1 aliphatic carbocycles. The standard InChI is InChI=1S/C14H18N2O2S/c1-17-11-4-5-12-13(8-11)16(14(19)15-12)6-7-18-9-10-2-3-10/h4-5,8,10H,2-3,6-7,9H2,1H3,(H,15,19). The van der Waals surface area contributed by atoms with Crippen molar-refractivity contribution < 1.29 is 9.47 Å². The molecule has 1 aliphatic rings. The smallest absolute Gasteiger partial charge is 0.178 e.